The van der Waals surface area contributed by atoms with E-state index < -0.39 is 5.91 Å². The number of nitrogens with one attached hydrogen (secondary N) is 1. The molecule has 0 fully saturated rings. The van der Waals surface area contributed by atoms with Crippen molar-refractivity contribution >= 4 is 11.8 Å². The molecular formula is C17H16F2N2O2. The van der Waals surface area contributed by atoms with Crippen molar-refractivity contribution in [2.45, 2.75) is 12.3 Å². The van der Waals surface area contributed by atoms with Crippen molar-refractivity contribution in [2.24, 2.45) is 5.73 Å². The van der Waals surface area contributed by atoms with E-state index in [1.165, 1.54) is 24.3 Å². The van der Waals surface area contributed by atoms with Crippen molar-refractivity contribution < 1.29 is 18.4 Å². The zero-order valence-corrected chi connectivity index (χ0v) is 12.3. The zero-order chi connectivity index (χ0) is 16.8. The number of carbonyl (C=O) groups excluding carboxylic acids is 2. The zero-order valence-electron chi connectivity index (χ0n) is 12.3. The third-order valence-electron chi connectivity index (χ3n) is 3.39. The number of hydrogen-bond acceptors (Lipinski definition) is 2. The van der Waals surface area contributed by atoms with Gasteiger partial charge < -0.3 is 11.1 Å². The molecule has 23 heavy (non-hydrogen) atoms. The molecule has 6 heteroatoms. The highest BCUT2D eigenvalue weighted by Crippen LogP contribution is 2.28. The lowest BCUT2D eigenvalue weighted by Crippen LogP contribution is -2.34. The summed E-state index contributed by atoms with van der Waals surface area (Å²) >= 11 is 0. The van der Waals surface area contributed by atoms with Crippen LogP contribution < -0.4 is 11.1 Å². The molecule has 0 unspecified atom stereocenters. The monoisotopic (exact) mass is 318 g/mol. The first-order valence-corrected chi connectivity index (χ1v) is 7.01. The van der Waals surface area contributed by atoms with Crippen molar-refractivity contribution in [1.29, 1.82) is 0 Å². The fourth-order valence-electron chi connectivity index (χ4n) is 2.26. The quantitative estimate of drug-likeness (QED) is 0.856. The number of nitrogens with two attached hydrogens (primary N) is 1. The summed E-state index contributed by atoms with van der Waals surface area (Å²) in [4.78, 5) is 22.7. The van der Waals surface area contributed by atoms with E-state index in [1.807, 2.05) is 0 Å². The van der Waals surface area contributed by atoms with E-state index in [4.69, 9.17) is 5.73 Å². The van der Waals surface area contributed by atoms with E-state index in [0.717, 1.165) is 0 Å². The number of benzene rings is 2. The molecule has 0 radical (unpaired) electrons. The highest BCUT2D eigenvalue weighted by Gasteiger charge is 2.18. The molecular weight excluding hydrogens is 302 g/mol. The van der Waals surface area contributed by atoms with Gasteiger partial charge in [-0.3, -0.25) is 9.59 Å². The van der Waals surface area contributed by atoms with Crippen molar-refractivity contribution in [3.8, 4) is 0 Å². The topological polar surface area (TPSA) is 72.2 Å². The van der Waals surface area contributed by atoms with E-state index in [0.29, 0.717) is 11.1 Å². The maximum atomic E-state index is 13.1. The van der Waals surface area contributed by atoms with Crippen LogP contribution in [0.2, 0.25) is 0 Å². The number of amides is 2. The Morgan fingerprint density at radius 3 is 1.74 bits per heavy atom. The van der Waals surface area contributed by atoms with Gasteiger partial charge in [-0.2, -0.15) is 0 Å². The molecule has 0 saturated heterocycles. The number of hydrogen-bond donors (Lipinski definition) is 2. The van der Waals surface area contributed by atoms with Crippen molar-refractivity contribution in [3.05, 3.63) is 71.3 Å². The Labute approximate surface area is 132 Å². The predicted octanol–water partition coefficient (Wildman–Crippen LogP) is 2.09. The Morgan fingerprint density at radius 1 is 0.913 bits per heavy atom. The minimum absolute atomic E-state index is 0.0323. The van der Waals surface area contributed by atoms with Crippen LogP contribution >= 0.6 is 0 Å². The van der Waals surface area contributed by atoms with Gasteiger partial charge in [0.2, 0.25) is 11.8 Å². The van der Waals surface area contributed by atoms with Crippen molar-refractivity contribution in [2.75, 3.05) is 6.54 Å². The van der Waals surface area contributed by atoms with Crippen LogP contribution in [0.4, 0.5) is 8.78 Å². The molecule has 0 aromatic heterocycles. The second-order valence-corrected chi connectivity index (χ2v) is 5.10. The summed E-state index contributed by atoms with van der Waals surface area (Å²) in [7, 11) is 0. The smallest absolute Gasteiger partial charge is 0.236 e. The summed E-state index contributed by atoms with van der Waals surface area (Å²) in [5.74, 6) is -2.17. The molecule has 2 aromatic rings. The first kappa shape index (κ1) is 16.6. The average Bonchev–Trinajstić information content (AvgIpc) is 2.52. The van der Waals surface area contributed by atoms with Gasteiger partial charge in [0, 0.05) is 12.3 Å². The predicted molar refractivity (Wildman–Crippen MR) is 81.5 cm³/mol. The van der Waals surface area contributed by atoms with E-state index in [1.54, 1.807) is 24.3 Å². The molecule has 120 valence electrons. The van der Waals surface area contributed by atoms with E-state index in [9.17, 15) is 18.4 Å². The molecule has 0 atom stereocenters. The second-order valence-electron chi connectivity index (χ2n) is 5.10. The van der Waals surface area contributed by atoms with E-state index in [2.05, 4.69) is 5.32 Å². The third-order valence-corrected chi connectivity index (χ3v) is 3.39. The minimum Gasteiger partial charge on any atom is -0.368 e. The van der Waals surface area contributed by atoms with Gasteiger partial charge >= 0.3 is 0 Å². The van der Waals surface area contributed by atoms with Gasteiger partial charge in [0.1, 0.15) is 11.6 Å². The first-order valence-electron chi connectivity index (χ1n) is 7.01. The van der Waals surface area contributed by atoms with Crippen molar-refractivity contribution in [3.63, 3.8) is 0 Å². The molecule has 0 aliphatic heterocycles. The van der Waals surface area contributed by atoms with Gasteiger partial charge in [0.05, 0.1) is 6.54 Å². The molecule has 0 aliphatic rings. The van der Waals surface area contributed by atoms with E-state index in [-0.39, 0.29) is 36.4 Å². The van der Waals surface area contributed by atoms with Gasteiger partial charge in [-0.15, -0.1) is 0 Å². The summed E-state index contributed by atoms with van der Waals surface area (Å²) in [6.07, 6.45) is 0.0323. The molecule has 0 bridgehead atoms. The molecule has 2 aromatic carbocycles. The third kappa shape index (κ3) is 4.88. The highest BCUT2D eigenvalue weighted by atomic mass is 19.1. The molecule has 3 N–H and O–H groups in total. The van der Waals surface area contributed by atoms with Gasteiger partial charge in [0.15, 0.2) is 0 Å². The van der Waals surface area contributed by atoms with Gasteiger partial charge in [-0.25, -0.2) is 8.78 Å². The lowest BCUT2D eigenvalue weighted by Gasteiger charge is -2.18. The largest absolute Gasteiger partial charge is 0.368 e. The Morgan fingerprint density at radius 2 is 1.35 bits per heavy atom. The Bertz CT molecular complexity index is 639. The number of primary amides is 1. The van der Waals surface area contributed by atoms with Crippen LogP contribution in [0.25, 0.3) is 0 Å². The highest BCUT2D eigenvalue weighted by molar-refractivity contribution is 5.84. The molecule has 2 rings (SSSR count). The standard InChI is InChI=1S/C17H16F2N2O2/c18-13-5-1-11(2-6-13)15(9-17(23)21-10-16(20)22)12-3-7-14(19)8-4-12/h1-8,15H,9-10H2,(H2,20,22)(H,21,23). The molecule has 0 spiro atoms. The van der Waals surface area contributed by atoms with Crippen LogP contribution in [0.15, 0.2) is 48.5 Å². The average molecular weight is 318 g/mol. The first-order chi connectivity index (χ1) is 11.0. The van der Waals surface area contributed by atoms with Crippen LogP contribution in [0.1, 0.15) is 23.5 Å². The number of halogens is 2. The second kappa shape index (κ2) is 7.49. The van der Waals surface area contributed by atoms with E-state index >= 15 is 0 Å². The van der Waals surface area contributed by atoms with Gasteiger partial charge in [0.25, 0.3) is 0 Å². The summed E-state index contributed by atoms with van der Waals surface area (Å²) < 4.78 is 26.2. The van der Waals surface area contributed by atoms with Gasteiger partial charge in [-0.05, 0) is 35.4 Å². The Hall–Kier alpha value is -2.76. The summed E-state index contributed by atoms with van der Waals surface area (Å²) in [5.41, 5.74) is 6.42. The van der Waals surface area contributed by atoms with Crippen LogP contribution in [0, 0.1) is 11.6 Å². The maximum absolute atomic E-state index is 13.1. The van der Waals surface area contributed by atoms with Crippen LogP contribution in [0.5, 0.6) is 0 Å². The Kier molecular flexibility index (Phi) is 5.41. The SMILES string of the molecule is NC(=O)CNC(=O)CC(c1ccc(F)cc1)c1ccc(F)cc1. The summed E-state index contributed by atoms with van der Waals surface area (Å²) in [6, 6.07) is 11.5. The van der Waals surface area contributed by atoms with Crippen molar-refractivity contribution in [1.82, 2.24) is 5.32 Å². The molecule has 0 aliphatic carbocycles. The Balaban J connectivity index is 2.24. The number of carbonyl (C=O) groups is 2. The summed E-state index contributed by atoms with van der Waals surface area (Å²) in [5, 5.41) is 2.41. The fraction of sp³-hybridized carbons (Fsp3) is 0.176. The maximum Gasteiger partial charge on any atom is 0.236 e. The molecule has 0 saturated carbocycles. The lowest BCUT2D eigenvalue weighted by atomic mass is 9.88. The number of rotatable bonds is 6. The van der Waals surface area contributed by atoms with Gasteiger partial charge in [-0.1, -0.05) is 24.3 Å². The fourth-order valence-corrected chi connectivity index (χ4v) is 2.26. The van der Waals surface area contributed by atoms with Crippen LogP contribution in [-0.4, -0.2) is 18.4 Å². The minimum atomic E-state index is -0.640. The molecule has 2 amide bonds. The summed E-state index contributed by atoms with van der Waals surface area (Å²) in [6.45, 7) is -0.252. The lowest BCUT2D eigenvalue weighted by molar-refractivity contribution is -0.124. The molecule has 0 heterocycles. The van der Waals surface area contributed by atoms with Crippen LogP contribution in [-0.2, 0) is 9.59 Å². The molecule has 4 nitrogen and oxygen atoms in total. The normalized spacial score (nSPS) is 10.6. The van der Waals surface area contributed by atoms with Crippen LogP contribution in [0.3, 0.4) is 0 Å².